The van der Waals surface area contributed by atoms with Crippen LogP contribution >= 0.6 is 12.4 Å². The maximum absolute atomic E-state index is 13.2. The minimum Gasteiger partial charge on any atom is -0.493 e. The zero-order valence-electron chi connectivity index (χ0n) is 21.0. The van der Waals surface area contributed by atoms with Crippen molar-refractivity contribution in [3.8, 4) is 5.75 Å². The standard InChI is InChI=1S/C26H28N4O6.ClH/c1-5-36-21-9-15-11-29(23(27)16(15)10-17(21)24(34)28-4)12-20(31)14-6-7-19-18(8-14)26(2,3)25(35)30(19)13-22(32)33;/h6-10,27H,5,11-13H2,1-4H3,(H,28,34)(H,32,33);1H. The quantitative estimate of drug-likeness (QED) is 0.447. The molecule has 2 aromatic rings. The minimum atomic E-state index is -1.12. The molecule has 37 heavy (non-hydrogen) atoms. The van der Waals surface area contributed by atoms with Crippen molar-refractivity contribution >= 4 is 47.5 Å². The number of anilines is 1. The lowest BCUT2D eigenvalue weighted by molar-refractivity contribution is -0.137. The summed E-state index contributed by atoms with van der Waals surface area (Å²) in [5.41, 5.74) is 2.16. The summed E-state index contributed by atoms with van der Waals surface area (Å²) in [5.74, 6) is -1.46. The SMILES string of the molecule is CCOc1cc2c(cc1C(=O)NC)C(=N)N(CC(=O)c1ccc3c(c1)C(C)(C)C(=O)N3CC(=O)O)C2.Cl. The Morgan fingerprint density at radius 1 is 1.16 bits per heavy atom. The van der Waals surface area contributed by atoms with Gasteiger partial charge in [-0.25, -0.2) is 0 Å². The number of amides is 2. The van der Waals surface area contributed by atoms with Crippen LogP contribution in [0.1, 0.15) is 58.2 Å². The number of halogens is 1. The fraction of sp³-hybridized carbons (Fsp3) is 0.346. The number of ether oxygens (including phenoxy) is 1. The predicted octanol–water partition coefficient (Wildman–Crippen LogP) is 2.60. The van der Waals surface area contributed by atoms with Gasteiger partial charge < -0.3 is 25.0 Å². The number of carboxylic acid groups (broad SMARTS) is 1. The lowest BCUT2D eigenvalue weighted by Crippen LogP contribution is -2.39. The third kappa shape index (κ3) is 4.76. The van der Waals surface area contributed by atoms with Crippen molar-refractivity contribution in [2.24, 2.45) is 0 Å². The van der Waals surface area contributed by atoms with Crippen molar-refractivity contribution in [3.05, 3.63) is 58.1 Å². The molecule has 0 spiro atoms. The second kappa shape index (κ2) is 10.2. The first-order valence-electron chi connectivity index (χ1n) is 11.6. The average molecular weight is 529 g/mol. The van der Waals surface area contributed by atoms with Crippen LogP contribution in [-0.2, 0) is 21.5 Å². The van der Waals surface area contributed by atoms with Crippen LogP contribution in [0.2, 0.25) is 0 Å². The van der Waals surface area contributed by atoms with Crippen LogP contribution in [-0.4, -0.2) is 66.2 Å². The zero-order valence-corrected chi connectivity index (χ0v) is 21.8. The van der Waals surface area contributed by atoms with Crippen LogP contribution in [0.5, 0.6) is 5.75 Å². The molecule has 2 aliphatic heterocycles. The molecule has 0 saturated carbocycles. The van der Waals surface area contributed by atoms with E-state index in [2.05, 4.69) is 5.32 Å². The van der Waals surface area contributed by atoms with E-state index in [1.165, 1.54) is 11.9 Å². The number of aliphatic carboxylic acids is 1. The summed E-state index contributed by atoms with van der Waals surface area (Å²) in [4.78, 5) is 52.4. The lowest BCUT2D eigenvalue weighted by atomic mass is 9.85. The van der Waals surface area contributed by atoms with Crippen LogP contribution in [0.4, 0.5) is 5.69 Å². The summed E-state index contributed by atoms with van der Waals surface area (Å²) >= 11 is 0. The molecule has 0 aliphatic carbocycles. The van der Waals surface area contributed by atoms with Crippen molar-refractivity contribution in [1.82, 2.24) is 10.2 Å². The van der Waals surface area contributed by atoms with Crippen LogP contribution in [0.25, 0.3) is 0 Å². The number of hydrogen-bond donors (Lipinski definition) is 3. The monoisotopic (exact) mass is 528 g/mol. The van der Waals surface area contributed by atoms with Crippen LogP contribution < -0.4 is 15.0 Å². The average Bonchev–Trinajstić information content (AvgIpc) is 3.23. The summed E-state index contributed by atoms with van der Waals surface area (Å²) < 4.78 is 5.62. The van der Waals surface area contributed by atoms with Gasteiger partial charge in [0.1, 0.15) is 18.1 Å². The summed E-state index contributed by atoms with van der Waals surface area (Å²) in [5, 5.41) is 20.4. The molecule has 10 nitrogen and oxygen atoms in total. The minimum absolute atomic E-state index is 0. The number of nitrogens with one attached hydrogen (secondary N) is 2. The number of ketones is 1. The van der Waals surface area contributed by atoms with Gasteiger partial charge in [0.2, 0.25) is 5.91 Å². The number of fused-ring (bicyclic) bond motifs is 2. The number of carbonyl (C=O) groups excluding carboxylic acids is 3. The lowest BCUT2D eigenvalue weighted by Gasteiger charge is -2.19. The molecule has 0 aromatic heterocycles. The first-order valence-corrected chi connectivity index (χ1v) is 11.6. The second-order valence-electron chi connectivity index (χ2n) is 9.29. The Labute approximate surface area is 220 Å². The van der Waals surface area contributed by atoms with E-state index in [1.807, 2.05) is 6.92 Å². The summed E-state index contributed by atoms with van der Waals surface area (Å²) in [7, 11) is 1.52. The topological polar surface area (TPSA) is 140 Å². The third-order valence-electron chi connectivity index (χ3n) is 6.60. The molecule has 2 aromatic carbocycles. The molecule has 0 bridgehead atoms. The van der Waals surface area contributed by atoms with Gasteiger partial charge in [0, 0.05) is 30.4 Å². The number of nitrogens with zero attached hydrogens (tertiary/aromatic N) is 2. The highest BCUT2D eigenvalue weighted by Crippen LogP contribution is 2.42. The van der Waals surface area contributed by atoms with E-state index in [9.17, 15) is 24.3 Å². The molecular formula is C26H29ClN4O6. The molecule has 2 heterocycles. The highest BCUT2D eigenvalue weighted by atomic mass is 35.5. The molecule has 0 unspecified atom stereocenters. The van der Waals surface area contributed by atoms with E-state index >= 15 is 0 Å². The predicted molar refractivity (Wildman–Crippen MR) is 139 cm³/mol. The molecule has 11 heteroatoms. The molecule has 0 fully saturated rings. The number of hydrogen-bond acceptors (Lipinski definition) is 6. The van der Waals surface area contributed by atoms with Gasteiger partial charge in [0.05, 0.1) is 24.1 Å². The van der Waals surface area contributed by atoms with E-state index in [-0.39, 0.29) is 42.4 Å². The van der Waals surface area contributed by atoms with E-state index in [0.717, 1.165) is 5.56 Å². The van der Waals surface area contributed by atoms with Gasteiger partial charge in [-0.3, -0.25) is 24.6 Å². The number of carbonyl (C=O) groups is 4. The smallest absolute Gasteiger partial charge is 0.323 e. The first kappa shape index (κ1) is 27.7. The van der Waals surface area contributed by atoms with Crippen molar-refractivity contribution in [3.63, 3.8) is 0 Å². The molecule has 0 atom stereocenters. The van der Waals surface area contributed by atoms with E-state index in [0.29, 0.717) is 46.8 Å². The molecule has 2 amide bonds. The van der Waals surface area contributed by atoms with E-state index < -0.39 is 17.9 Å². The van der Waals surface area contributed by atoms with Crippen molar-refractivity contribution in [2.75, 3.05) is 31.6 Å². The number of Topliss-reactive ketones (excluding diaryl/α,β-unsaturated/α-hetero) is 1. The Hall–Kier alpha value is -3.92. The molecule has 196 valence electrons. The Morgan fingerprint density at radius 2 is 1.86 bits per heavy atom. The van der Waals surface area contributed by atoms with Crippen molar-refractivity contribution in [2.45, 2.75) is 32.7 Å². The van der Waals surface area contributed by atoms with Gasteiger partial charge in [0.25, 0.3) is 5.91 Å². The third-order valence-corrected chi connectivity index (χ3v) is 6.60. The Balaban J connectivity index is 0.00000380. The summed E-state index contributed by atoms with van der Waals surface area (Å²) in [6.45, 7) is 5.40. The maximum Gasteiger partial charge on any atom is 0.323 e. The highest BCUT2D eigenvalue weighted by molar-refractivity contribution is 6.11. The summed E-state index contributed by atoms with van der Waals surface area (Å²) in [6, 6.07) is 8.18. The van der Waals surface area contributed by atoms with Crippen molar-refractivity contribution < 1.29 is 29.0 Å². The molecule has 0 radical (unpaired) electrons. The second-order valence-corrected chi connectivity index (χ2v) is 9.29. The van der Waals surface area contributed by atoms with Gasteiger partial charge in [-0.15, -0.1) is 12.4 Å². The van der Waals surface area contributed by atoms with Gasteiger partial charge >= 0.3 is 5.97 Å². The van der Waals surface area contributed by atoms with Gasteiger partial charge in [-0.05, 0) is 62.2 Å². The normalized spacial score (nSPS) is 15.1. The molecule has 4 rings (SSSR count). The maximum atomic E-state index is 13.2. The van der Waals surface area contributed by atoms with E-state index in [4.69, 9.17) is 10.1 Å². The molecule has 0 saturated heterocycles. The van der Waals surface area contributed by atoms with Gasteiger partial charge in [0.15, 0.2) is 5.78 Å². The molecular weight excluding hydrogens is 500 g/mol. The largest absolute Gasteiger partial charge is 0.493 e. The first-order chi connectivity index (χ1) is 17.0. The fourth-order valence-corrected chi connectivity index (χ4v) is 4.71. The summed E-state index contributed by atoms with van der Waals surface area (Å²) in [6.07, 6.45) is 0. The Morgan fingerprint density at radius 3 is 2.49 bits per heavy atom. The zero-order chi connectivity index (χ0) is 26.4. The molecule has 2 aliphatic rings. The molecule has 3 N–H and O–H groups in total. The number of carboxylic acids is 1. The van der Waals surface area contributed by atoms with Gasteiger partial charge in [-0.1, -0.05) is 0 Å². The number of benzene rings is 2. The number of amidine groups is 1. The highest BCUT2D eigenvalue weighted by Gasteiger charge is 2.44. The number of rotatable bonds is 8. The van der Waals surface area contributed by atoms with Crippen LogP contribution in [0.3, 0.4) is 0 Å². The van der Waals surface area contributed by atoms with Gasteiger partial charge in [-0.2, -0.15) is 0 Å². The van der Waals surface area contributed by atoms with Crippen molar-refractivity contribution in [1.29, 1.82) is 5.41 Å². The fourth-order valence-electron chi connectivity index (χ4n) is 4.71. The Kier molecular flexibility index (Phi) is 7.64. The van der Waals surface area contributed by atoms with Crippen LogP contribution in [0.15, 0.2) is 30.3 Å². The Bertz CT molecular complexity index is 1320. The van der Waals surface area contributed by atoms with E-state index in [1.54, 1.807) is 49.1 Å². The van der Waals surface area contributed by atoms with Crippen LogP contribution in [0, 0.1) is 5.41 Å².